The van der Waals surface area contributed by atoms with E-state index in [9.17, 15) is 19.7 Å². The van der Waals surface area contributed by atoms with E-state index in [2.05, 4.69) is 21.2 Å². The summed E-state index contributed by atoms with van der Waals surface area (Å²) >= 11 is 4.51. The van der Waals surface area contributed by atoms with Crippen LogP contribution in [0.25, 0.3) is 17.2 Å². The highest BCUT2D eigenvalue weighted by atomic mass is 79.9. The molecule has 0 bridgehead atoms. The Morgan fingerprint density at radius 1 is 1.24 bits per heavy atom. The third kappa shape index (κ3) is 5.85. The van der Waals surface area contributed by atoms with Crippen molar-refractivity contribution in [2.24, 2.45) is 0 Å². The van der Waals surface area contributed by atoms with Crippen LogP contribution in [-0.2, 0) is 9.53 Å². The first-order valence-corrected chi connectivity index (χ1v) is 11.4. The Labute approximate surface area is 202 Å². The maximum atomic E-state index is 12.7. The van der Waals surface area contributed by atoms with Crippen molar-refractivity contribution in [1.29, 1.82) is 0 Å². The lowest BCUT2D eigenvalue weighted by Crippen LogP contribution is -2.12. The third-order valence-corrected chi connectivity index (χ3v) is 5.87. The molecule has 8 nitrogen and oxygen atoms in total. The number of amides is 1. The number of ether oxygens (including phenoxy) is 2. The molecule has 1 heterocycles. The lowest BCUT2D eigenvalue weighted by Gasteiger charge is -2.08. The summed E-state index contributed by atoms with van der Waals surface area (Å²) in [5.41, 5.74) is 1.64. The number of hydrogen-bond donors (Lipinski definition) is 1. The van der Waals surface area contributed by atoms with Crippen molar-refractivity contribution in [1.82, 2.24) is 0 Å². The van der Waals surface area contributed by atoms with Crippen LogP contribution < -0.4 is 10.1 Å². The summed E-state index contributed by atoms with van der Waals surface area (Å²) in [7, 11) is 1.54. The van der Waals surface area contributed by atoms with Gasteiger partial charge in [-0.3, -0.25) is 14.9 Å². The Balaban J connectivity index is 1.93. The molecular formula is C23H19BrN2O6S. The first-order valence-electron chi connectivity index (χ1n) is 9.70. The number of hydrogen-bond acceptors (Lipinski definition) is 7. The summed E-state index contributed by atoms with van der Waals surface area (Å²) in [5.74, 6) is -0.498. The van der Waals surface area contributed by atoms with Crippen molar-refractivity contribution >= 4 is 55.9 Å². The highest BCUT2D eigenvalue weighted by molar-refractivity contribution is 9.10. The highest BCUT2D eigenvalue weighted by Crippen LogP contribution is 2.37. The molecule has 2 aromatic carbocycles. The van der Waals surface area contributed by atoms with Gasteiger partial charge in [-0.1, -0.05) is 28.1 Å². The molecule has 0 radical (unpaired) electrons. The zero-order valence-corrected chi connectivity index (χ0v) is 20.1. The number of esters is 1. The van der Waals surface area contributed by atoms with Crippen LogP contribution in [0.5, 0.6) is 5.75 Å². The average molecular weight is 531 g/mol. The van der Waals surface area contributed by atoms with E-state index < -0.39 is 16.8 Å². The summed E-state index contributed by atoms with van der Waals surface area (Å²) in [6.45, 7) is 1.81. The van der Waals surface area contributed by atoms with Crippen molar-refractivity contribution in [2.75, 3.05) is 19.0 Å². The van der Waals surface area contributed by atoms with Gasteiger partial charge in [0, 0.05) is 39.2 Å². The largest absolute Gasteiger partial charge is 0.496 e. The number of rotatable bonds is 8. The lowest BCUT2D eigenvalue weighted by atomic mass is 10.0. The second kappa shape index (κ2) is 10.9. The standard InChI is InChI=1S/C23H19BrN2O6S/c1-3-32-23(28)21-18(14-5-4-6-17(12-14)26(29)30)13-33-22(21)25-20(27)10-7-15-11-16(24)8-9-19(15)31-2/h4-13H,3H2,1-2H3,(H,25,27)/b10-7+. The van der Waals surface area contributed by atoms with E-state index in [4.69, 9.17) is 9.47 Å². The SMILES string of the molecule is CCOC(=O)c1c(-c2cccc([N+](=O)[O-])c2)csc1NC(=O)/C=C/c1cc(Br)ccc1OC. The number of non-ortho nitro benzene ring substituents is 1. The second-order valence-electron chi connectivity index (χ2n) is 6.59. The van der Waals surface area contributed by atoms with Crippen LogP contribution in [0.3, 0.4) is 0 Å². The van der Waals surface area contributed by atoms with Gasteiger partial charge in [0.1, 0.15) is 16.3 Å². The van der Waals surface area contributed by atoms with Gasteiger partial charge in [0.2, 0.25) is 5.91 Å². The average Bonchev–Trinajstić information content (AvgIpc) is 3.21. The maximum Gasteiger partial charge on any atom is 0.341 e. The fourth-order valence-corrected chi connectivity index (χ4v) is 4.35. The molecule has 0 saturated heterocycles. The fraction of sp³-hybridized carbons (Fsp3) is 0.130. The van der Waals surface area contributed by atoms with Crippen LogP contribution in [0, 0.1) is 10.1 Å². The molecule has 3 rings (SSSR count). The highest BCUT2D eigenvalue weighted by Gasteiger charge is 2.23. The second-order valence-corrected chi connectivity index (χ2v) is 8.39. The van der Waals surface area contributed by atoms with Crippen LogP contribution in [0.2, 0.25) is 0 Å². The Morgan fingerprint density at radius 3 is 2.73 bits per heavy atom. The van der Waals surface area contributed by atoms with E-state index in [1.54, 1.807) is 36.6 Å². The number of halogens is 1. The molecule has 0 aliphatic carbocycles. The van der Waals surface area contributed by atoms with Crippen molar-refractivity contribution < 1.29 is 24.0 Å². The van der Waals surface area contributed by atoms with Crippen molar-refractivity contribution in [2.45, 2.75) is 6.92 Å². The Morgan fingerprint density at radius 2 is 2.03 bits per heavy atom. The fourth-order valence-electron chi connectivity index (χ4n) is 3.01. The number of nitrogens with zero attached hydrogens (tertiary/aromatic N) is 1. The summed E-state index contributed by atoms with van der Waals surface area (Å²) in [4.78, 5) is 35.9. The van der Waals surface area contributed by atoms with Gasteiger partial charge in [0.05, 0.1) is 18.6 Å². The summed E-state index contributed by atoms with van der Waals surface area (Å²) < 4.78 is 11.3. The van der Waals surface area contributed by atoms with Gasteiger partial charge in [-0.15, -0.1) is 11.3 Å². The molecule has 1 amide bonds. The number of benzene rings is 2. The zero-order chi connectivity index (χ0) is 24.0. The van der Waals surface area contributed by atoms with E-state index >= 15 is 0 Å². The summed E-state index contributed by atoms with van der Waals surface area (Å²) in [5, 5.41) is 15.8. The molecule has 10 heteroatoms. The van der Waals surface area contributed by atoms with E-state index in [1.807, 2.05) is 6.07 Å². The molecule has 0 spiro atoms. The number of nitro groups is 1. The van der Waals surface area contributed by atoms with Gasteiger partial charge in [-0.2, -0.15) is 0 Å². The summed E-state index contributed by atoms with van der Waals surface area (Å²) in [6.07, 6.45) is 2.92. The van der Waals surface area contributed by atoms with Crippen LogP contribution in [-0.4, -0.2) is 30.5 Å². The van der Waals surface area contributed by atoms with Gasteiger partial charge in [0.15, 0.2) is 0 Å². The van der Waals surface area contributed by atoms with Crippen LogP contribution >= 0.6 is 27.3 Å². The number of carbonyl (C=O) groups is 2. The van der Waals surface area contributed by atoms with Gasteiger partial charge >= 0.3 is 5.97 Å². The topological polar surface area (TPSA) is 108 Å². The molecule has 0 saturated carbocycles. The van der Waals surface area contributed by atoms with Crippen molar-refractivity contribution in [3.63, 3.8) is 0 Å². The minimum atomic E-state index is -0.631. The van der Waals surface area contributed by atoms with Gasteiger partial charge in [0.25, 0.3) is 5.69 Å². The Bertz CT molecular complexity index is 1240. The Kier molecular flexibility index (Phi) is 7.96. The first-order chi connectivity index (χ1) is 15.8. The van der Waals surface area contributed by atoms with Gasteiger partial charge < -0.3 is 14.8 Å². The van der Waals surface area contributed by atoms with Gasteiger partial charge in [-0.25, -0.2) is 4.79 Å². The minimum Gasteiger partial charge on any atom is -0.496 e. The number of nitrogens with one attached hydrogen (secondary N) is 1. The number of nitro benzene ring substituents is 1. The van der Waals surface area contributed by atoms with Crippen LogP contribution in [0.1, 0.15) is 22.8 Å². The number of methoxy groups -OCH3 is 1. The molecule has 0 aliphatic heterocycles. The predicted molar refractivity (Wildman–Crippen MR) is 131 cm³/mol. The van der Waals surface area contributed by atoms with E-state index in [1.165, 1.54) is 31.4 Å². The van der Waals surface area contributed by atoms with Crippen LogP contribution in [0.15, 0.2) is 58.4 Å². The normalized spacial score (nSPS) is 10.8. The number of thiophene rings is 1. The van der Waals surface area contributed by atoms with E-state index in [-0.39, 0.29) is 22.9 Å². The molecular weight excluding hydrogens is 512 g/mol. The smallest absolute Gasteiger partial charge is 0.341 e. The molecule has 33 heavy (non-hydrogen) atoms. The monoisotopic (exact) mass is 530 g/mol. The summed E-state index contributed by atoms with van der Waals surface area (Å²) in [6, 6.07) is 11.3. The van der Waals surface area contributed by atoms with Crippen molar-refractivity contribution in [3.8, 4) is 16.9 Å². The number of carbonyl (C=O) groups excluding carboxylic acids is 2. The molecule has 3 aromatic rings. The van der Waals surface area contributed by atoms with Crippen molar-refractivity contribution in [3.05, 3.63) is 79.6 Å². The maximum absolute atomic E-state index is 12.7. The molecule has 0 aliphatic rings. The first kappa shape index (κ1) is 24.1. The Hall–Kier alpha value is -3.50. The minimum absolute atomic E-state index is 0.106. The van der Waals surface area contributed by atoms with E-state index in [0.717, 1.165) is 15.8 Å². The lowest BCUT2D eigenvalue weighted by molar-refractivity contribution is -0.384. The molecule has 0 unspecified atom stereocenters. The molecule has 0 fully saturated rings. The van der Waals surface area contributed by atoms with Gasteiger partial charge in [-0.05, 0) is 36.8 Å². The predicted octanol–water partition coefficient (Wildman–Crippen LogP) is 5.92. The molecule has 170 valence electrons. The molecule has 1 aromatic heterocycles. The molecule has 0 atom stereocenters. The molecule has 1 N–H and O–H groups in total. The quantitative estimate of drug-likeness (QED) is 0.167. The third-order valence-electron chi connectivity index (χ3n) is 4.48. The van der Waals surface area contributed by atoms with Crippen LogP contribution in [0.4, 0.5) is 10.7 Å². The zero-order valence-electron chi connectivity index (χ0n) is 17.7. The van der Waals surface area contributed by atoms with E-state index in [0.29, 0.717) is 22.4 Å². The number of anilines is 1.